The van der Waals surface area contributed by atoms with Crippen LogP contribution in [0.1, 0.15) is 17.3 Å². The highest BCUT2D eigenvalue weighted by atomic mass is 16.5. The van der Waals surface area contributed by atoms with Crippen molar-refractivity contribution in [2.45, 2.75) is 6.92 Å². The van der Waals surface area contributed by atoms with Crippen molar-refractivity contribution in [3.8, 4) is 5.75 Å². The summed E-state index contributed by atoms with van der Waals surface area (Å²) in [6.45, 7) is 1.98. The molecule has 2 rings (SSSR count). The molecule has 0 aliphatic rings. The second kappa shape index (κ2) is 7.83. The van der Waals surface area contributed by atoms with Crippen molar-refractivity contribution in [3.05, 3.63) is 60.2 Å². The average molecular weight is 299 g/mol. The van der Waals surface area contributed by atoms with Gasteiger partial charge in [0.1, 0.15) is 5.75 Å². The zero-order valence-corrected chi connectivity index (χ0v) is 12.2. The first-order chi connectivity index (χ1) is 10.7. The van der Waals surface area contributed by atoms with Crippen molar-refractivity contribution < 1.29 is 19.1 Å². The van der Waals surface area contributed by atoms with Crippen molar-refractivity contribution in [2.75, 3.05) is 18.5 Å². The molecule has 0 atom stereocenters. The number of carbonyl (C=O) groups excluding carboxylic acids is 2. The van der Waals surface area contributed by atoms with E-state index in [1.165, 1.54) is 0 Å². The summed E-state index contributed by atoms with van der Waals surface area (Å²) in [7, 11) is 0. The fourth-order valence-electron chi connectivity index (χ4n) is 1.77. The highest BCUT2D eigenvalue weighted by Gasteiger charge is 2.07. The Bertz CT molecular complexity index is 623. The molecule has 0 aromatic heterocycles. The van der Waals surface area contributed by atoms with Crippen LogP contribution in [0.5, 0.6) is 5.75 Å². The van der Waals surface area contributed by atoms with Crippen LogP contribution in [0.3, 0.4) is 0 Å². The van der Waals surface area contributed by atoms with Crippen LogP contribution in [0.25, 0.3) is 0 Å². The number of anilines is 1. The third-order valence-electron chi connectivity index (χ3n) is 2.79. The van der Waals surface area contributed by atoms with Gasteiger partial charge >= 0.3 is 5.97 Å². The molecule has 0 fully saturated rings. The Morgan fingerprint density at radius 1 is 1.00 bits per heavy atom. The molecule has 0 aliphatic heterocycles. The fourth-order valence-corrected chi connectivity index (χ4v) is 1.77. The third kappa shape index (κ3) is 4.63. The van der Waals surface area contributed by atoms with Gasteiger partial charge in [-0.1, -0.05) is 18.2 Å². The zero-order chi connectivity index (χ0) is 15.8. The molecule has 0 aliphatic carbocycles. The van der Waals surface area contributed by atoms with Gasteiger partial charge in [-0.25, -0.2) is 4.79 Å². The Morgan fingerprint density at radius 3 is 2.32 bits per heavy atom. The summed E-state index contributed by atoms with van der Waals surface area (Å²) < 4.78 is 10.3. The molecule has 0 saturated carbocycles. The van der Waals surface area contributed by atoms with Crippen LogP contribution >= 0.6 is 0 Å². The Hall–Kier alpha value is -2.82. The molecule has 0 saturated heterocycles. The van der Waals surface area contributed by atoms with Crippen molar-refractivity contribution in [3.63, 3.8) is 0 Å². The van der Waals surface area contributed by atoms with Crippen LogP contribution in [-0.2, 0) is 9.53 Å². The summed E-state index contributed by atoms with van der Waals surface area (Å²) in [5.41, 5.74) is 1.16. The molecule has 0 unspecified atom stereocenters. The standard InChI is InChI=1S/C17H17NO4/c1-2-21-17(20)13-8-10-15(11-9-13)22-12-16(19)18-14-6-4-3-5-7-14/h3-11H,2,12H2,1H3,(H,18,19). The summed E-state index contributed by atoms with van der Waals surface area (Å²) in [6, 6.07) is 15.6. The third-order valence-corrected chi connectivity index (χ3v) is 2.79. The van der Waals surface area contributed by atoms with Crippen LogP contribution in [-0.4, -0.2) is 25.1 Å². The van der Waals surface area contributed by atoms with Gasteiger partial charge in [-0.3, -0.25) is 4.79 Å². The van der Waals surface area contributed by atoms with Gasteiger partial charge in [-0.2, -0.15) is 0 Å². The maximum atomic E-state index is 11.7. The molecule has 0 bridgehead atoms. The molecule has 5 nitrogen and oxygen atoms in total. The largest absolute Gasteiger partial charge is 0.484 e. The Kier molecular flexibility index (Phi) is 5.54. The van der Waals surface area contributed by atoms with Crippen LogP contribution in [0.15, 0.2) is 54.6 Å². The van der Waals surface area contributed by atoms with E-state index < -0.39 is 0 Å². The number of nitrogens with one attached hydrogen (secondary N) is 1. The van der Waals surface area contributed by atoms with E-state index in [1.807, 2.05) is 18.2 Å². The van der Waals surface area contributed by atoms with Crippen molar-refractivity contribution in [1.82, 2.24) is 0 Å². The quantitative estimate of drug-likeness (QED) is 0.833. The number of hydrogen-bond acceptors (Lipinski definition) is 4. The summed E-state index contributed by atoms with van der Waals surface area (Å²) >= 11 is 0. The first-order valence-corrected chi connectivity index (χ1v) is 6.94. The molecule has 0 radical (unpaired) electrons. The molecule has 2 aromatic carbocycles. The smallest absolute Gasteiger partial charge is 0.338 e. The number of rotatable bonds is 6. The number of amides is 1. The predicted octanol–water partition coefficient (Wildman–Crippen LogP) is 2.88. The van der Waals surface area contributed by atoms with Crippen LogP contribution < -0.4 is 10.1 Å². The van der Waals surface area contributed by atoms with E-state index in [0.29, 0.717) is 23.6 Å². The molecule has 22 heavy (non-hydrogen) atoms. The van der Waals surface area contributed by atoms with Gasteiger partial charge < -0.3 is 14.8 Å². The molecular formula is C17H17NO4. The SMILES string of the molecule is CCOC(=O)c1ccc(OCC(=O)Nc2ccccc2)cc1. The number of esters is 1. The number of benzene rings is 2. The normalized spacial score (nSPS) is 9.86. The number of para-hydroxylation sites is 1. The second-order valence-electron chi connectivity index (χ2n) is 4.45. The summed E-state index contributed by atoms with van der Waals surface area (Å²) in [5, 5.41) is 2.72. The van der Waals surface area contributed by atoms with Gasteiger partial charge in [0.05, 0.1) is 12.2 Å². The van der Waals surface area contributed by atoms with E-state index in [1.54, 1.807) is 43.3 Å². The Balaban J connectivity index is 1.84. The van der Waals surface area contributed by atoms with Gasteiger partial charge in [0, 0.05) is 5.69 Å². The van der Waals surface area contributed by atoms with Crippen LogP contribution in [0.2, 0.25) is 0 Å². The lowest BCUT2D eigenvalue weighted by atomic mass is 10.2. The van der Waals surface area contributed by atoms with Crippen LogP contribution in [0.4, 0.5) is 5.69 Å². The minimum Gasteiger partial charge on any atom is -0.484 e. The molecule has 2 aromatic rings. The highest BCUT2D eigenvalue weighted by Crippen LogP contribution is 2.13. The van der Waals surface area contributed by atoms with Gasteiger partial charge in [0.15, 0.2) is 6.61 Å². The maximum absolute atomic E-state index is 11.7. The van der Waals surface area contributed by atoms with Gasteiger partial charge in [-0.15, -0.1) is 0 Å². The summed E-state index contributed by atoms with van der Waals surface area (Å²) in [5.74, 6) is -0.118. The minimum absolute atomic E-state index is 0.104. The topological polar surface area (TPSA) is 64.6 Å². The number of carbonyl (C=O) groups is 2. The predicted molar refractivity (Wildman–Crippen MR) is 83.0 cm³/mol. The molecule has 0 spiro atoms. The molecular weight excluding hydrogens is 282 g/mol. The van der Waals surface area contributed by atoms with E-state index in [0.717, 1.165) is 0 Å². The summed E-state index contributed by atoms with van der Waals surface area (Å²) in [4.78, 5) is 23.2. The average Bonchev–Trinajstić information content (AvgIpc) is 2.54. The van der Waals surface area contributed by atoms with E-state index in [-0.39, 0.29) is 18.5 Å². The molecule has 114 valence electrons. The van der Waals surface area contributed by atoms with E-state index in [2.05, 4.69) is 5.32 Å². The molecule has 1 N–H and O–H groups in total. The zero-order valence-electron chi connectivity index (χ0n) is 12.2. The minimum atomic E-state index is -0.379. The fraction of sp³-hybridized carbons (Fsp3) is 0.176. The lowest BCUT2D eigenvalue weighted by Gasteiger charge is -2.08. The van der Waals surface area contributed by atoms with Crippen molar-refractivity contribution >= 4 is 17.6 Å². The van der Waals surface area contributed by atoms with E-state index in [4.69, 9.17) is 9.47 Å². The molecule has 1 amide bonds. The van der Waals surface area contributed by atoms with Crippen LogP contribution in [0, 0.1) is 0 Å². The first kappa shape index (κ1) is 15.6. The monoisotopic (exact) mass is 299 g/mol. The highest BCUT2D eigenvalue weighted by molar-refractivity contribution is 5.92. The Morgan fingerprint density at radius 2 is 1.68 bits per heavy atom. The van der Waals surface area contributed by atoms with Crippen molar-refractivity contribution in [2.24, 2.45) is 0 Å². The van der Waals surface area contributed by atoms with E-state index in [9.17, 15) is 9.59 Å². The molecule has 5 heteroatoms. The van der Waals surface area contributed by atoms with Crippen molar-refractivity contribution in [1.29, 1.82) is 0 Å². The van der Waals surface area contributed by atoms with Gasteiger partial charge in [-0.05, 0) is 43.3 Å². The maximum Gasteiger partial charge on any atom is 0.338 e. The lowest BCUT2D eigenvalue weighted by Crippen LogP contribution is -2.20. The first-order valence-electron chi connectivity index (χ1n) is 6.94. The van der Waals surface area contributed by atoms with Gasteiger partial charge in [0.25, 0.3) is 5.91 Å². The lowest BCUT2D eigenvalue weighted by molar-refractivity contribution is -0.118. The van der Waals surface area contributed by atoms with E-state index >= 15 is 0 Å². The number of hydrogen-bond donors (Lipinski definition) is 1. The van der Waals surface area contributed by atoms with Gasteiger partial charge in [0.2, 0.25) is 0 Å². The Labute approximate surface area is 128 Å². The molecule has 0 heterocycles. The summed E-state index contributed by atoms with van der Waals surface area (Å²) in [6.07, 6.45) is 0. The second-order valence-corrected chi connectivity index (χ2v) is 4.45. The number of ether oxygens (including phenoxy) is 2.